The predicted molar refractivity (Wildman–Crippen MR) is 113 cm³/mol. The van der Waals surface area contributed by atoms with Gasteiger partial charge in [0.25, 0.3) is 0 Å². The molecule has 1 aliphatic carbocycles. The average Bonchev–Trinajstić information content (AvgIpc) is 2.66. The Kier molecular flexibility index (Phi) is 5.20. The molecule has 31 heavy (non-hydrogen) atoms. The van der Waals surface area contributed by atoms with E-state index < -0.39 is 28.4 Å². The second-order valence-corrected chi connectivity index (χ2v) is 9.25. The van der Waals surface area contributed by atoms with Crippen LogP contribution in [0.3, 0.4) is 0 Å². The minimum absolute atomic E-state index is 0.0395. The molecular weight excluding hydrogens is 405 g/mol. The molecule has 0 saturated carbocycles. The molecule has 0 atom stereocenters. The number of ketones is 2. The Morgan fingerprint density at radius 3 is 2.03 bits per heavy atom. The summed E-state index contributed by atoms with van der Waals surface area (Å²) in [7, 11) is 0. The zero-order chi connectivity index (χ0) is 23.5. The predicted octanol–water partition coefficient (Wildman–Crippen LogP) is 6.46. The molecule has 0 aromatic heterocycles. The summed E-state index contributed by atoms with van der Waals surface area (Å²) < 4.78 is 39.9. The normalized spacial score (nSPS) is 18.5. The molecule has 0 fully saturated rings. The van der Waals surface area contributed by atoms with Crippen molar-refractivity contribution < 1.29 is 27.9 Å². The number of Topliss-reactive ketones (excluding diaryl/α,β-unsaturated/α-hetero) is 2. The summed E-state index contributed by atoms with van der Waals surface area (Å²) in [5, 5.41) is 10.9. The zero-order valence-corrected chi connectivity index (χ0v) is 18.4. The van der Waals surface area contributed by atoms with Crippen molar-refractivity contribution in [2.45, 2.75) is 47.7 Å². The molecule has 0 bridgehead atoms. The first kappa shape index (κ1) is 22.8. The number of carbonyl (C=O) groups is 2. The quantitative estimate of drug-likeness (QED) is 0.556. The van der Waals surface area contributed by atoms with Gasteiger partial charge in [0.1, 0.15) is 5.76 Å². The van der Waals surface area contributed by atoms with E-state index >= 15 is 0 Å². The fraction of sp³-hybridized carbons (Fsp3) is 0.360. The van der Waals surface area contributed by atoms with E-state index in [0.29, 0.717) is 27.8 Å². The third kappa shape index (κ3) is 3.68. The van der Waals surface area contributed by atoms with Gasteiger partial charge in [-0.3, -0.25) is 9.59 Å². The van der Waals surface area contributed by atoms with Gasteiger partial charge in [-0.2, -0.15) is 13.2 Å². The van der Waals surface area contributed by atoms with Crippen molar-refractivity contribution in [2.75, 3.05) is 0 Å². The number of hydrogen-bond donors (Lipinski definition) is 1. The van der Waals surface area contributed by atoms with Crippen molar-refractivity contribution in [3.05, 3.63) is 64.4 Å². The summed E-state index contributed by atoms with van der Waals surface area (Å²) >= 11 is 0. The summed E-state index contributed by atoms with van der Waals surface area (Å²) in [6, 6.07) is 8.77. The highest BCUT2D eigenvalue weighted by atomic mass is 19.4. The second-order valence-electron chi connectivity index (χ2n) is 9.25. The number of aryl methyl sites for hydroxylation is 2. The molecular formula is C25H25F3O3. The van der Waals surface area contributed by atoms with Crippen LogP contribution in [0.1, 0.15) is 49.9 Å². The molecule has 3 rings (SSSR count). The topological polar surface area (TPSA) is 54.4 Å². The van der Waals surface area contributed by atoms with Gasteiger partial charge >= 0.3 is 6.18 Å². The van der Waals surface area contributed by atoms with E-state index in [1.807, 2.05) is 0 Å². The molecule has 3 nitrogen and oxygen atoms in total. The highest BCUT2D eigenvalue weighted by molar-refractivity contribution is 6.34. The van der Waals surface area contributed by atoms with Crippen LogP contribution in [0, 0.1) is 24.7 Å². The molecule has 0 radical (unpaired) electrons. The van der Waals surface area contributed by atoms with Gasteiger partial charge in [-0.05, 0) is 87.6 Å². The number of allylic oxidation sites excluding steroid dienone is 2. The van der Waals surface area contributed by atoms with E-state index in [9.17, 15) is 27.9 Å². The van der Waals surface area contributed by atoms with E-state index in [-0.39, 0.29) is 17.1 Å². The smallest absolute Gasteiger partial charge is 0.416 e. The third-order valence-electron chi connectivity index (χ3n) is 6.00. The molecule has 2 aromatic rings. The molecule has 6 heteroatoms. The number of hydrogen-bond acceptors (Lipinski definition) is 3. The summed E-state index contributed by atoms with van der Waals surface area (Å²) in [5.74, 6) is -1.20. The summed E-state index contributed by atoms with van der Waals surface area (Å²) in [5.41, 5.74) is -0.946. The van der Waals surface area contributed by atoms with Gasteiger partial charge in [0, 0.05) is 0 Å². The third-order valence-corrected chi connectivity index (χ3v) is 6.00. The summed E-state index contributed by atoms with van der Waals surface area (Å²) in [6.07, 6.45) is -4.48. The fourth-order valence-electron chi connectivity index (χ4n) is 4.16. The van der Waals surface area contributed by atoms with E-state index in [1.165, 1.54) is 13.8 Å². The monoisotopic (exact) mass is 430 g/mol. The van der Waals surface area contributed by atoms with Crippen LogP contribution in [0.4, 0.5) is 13.2 Å². The number of aliphatic hydroxyl groups is 1. The molecule has 0 aliphatic heterocycles. The first-order valence-electron chi connectivity index (χ1n) is 9.92. The van der Waals surface area contributed by atoms with Crippen molar-refractivity contribution in [2.24, 2.45) is 10.8 Å². The first-order chi connectivity index (χ1) is 14.1. The number of carbonyl (C=O) groups excluding carboxylic acids is 2. The molecule has 0 amide bonds. The highest BCUT2D eigenvalue weighted by Crippen LogP contribution is 2.47. The van der Waals surface area contributed by atoms with Crippen LogP contribution in [0.5, 0.6) is 0 Å². The Bertz CT molecular complexity index is 1140. The summed E-state index contributed by atoms with van der Waals surface area (Å²) in [6.45, 7) is 9.52. The van der Waals surface area contributed by atoms with Crippen molar-refractivity contribution >= 4 is 17.1 Å². The van der Waals surface area contributed by atoms with Crippen LogP contribution in [-0.4, -0.2) is 16.7 Å². The summed E-state index contributed by atoms with van der Waals surface area (Å²) in [4.78, 5) is 26.0. The lowest BCUT2D eigenvalue weighted by atomic mass is 9.62. The molecule has 0 heterocycles. The van der Waals surface area contributed by atoms with Gasteiger partial charge in [0.2, 0.25) is 0 Å². The Morgan fingerprint density at radius 1 is 0.839 bits per heavy atom. The van der Waals surface area contributed by atoms with Crippen molar-refractivity contribution in [3.63, 3.8) is 0 Å². The van der Waals surface area contributed by atoms with Crippen molar-refractivity contribution in [1.29, 1.82) is 0 Å². The maximum Gasteiger partial charge on any atom is 0.416 e. The van der Waals surface area contributed by atoms with Crippen LogP contribution in [0.2, 0.25) is 0 Å². The Balaban J connectivity index is 2.26. The molecule has 1 aliphatic rings. The van der Waals surface area contributed by atoms with Gasteiger partial charge in [0.15, 0.2) is 11.6 Å². The van der Waals surface area contributed by atoms with Gasteiger partial charge < -0.3 is 5.11 Å². The Labute approximate surface area is 179 Å². The van der Waals surface area contributed by atoms with E-state index in [4.69, 9.17) is 0 Å². The number of rotatable bonds is 2. The number of benzene rings is 2. The van der Waals surface area contributed by atoms with Crippen LogP contribution < -0.4 is 0 Å². The zero-order valence-electron chi connectivity index (χ0n) is 18.4. The Hall–Kier alpha value is -2.89. The van der Waals surface area contributed by atoms with E-state index in [2.05, 4.69) is 0 Å². The lowest BCUT2D eigenvalue weighted by Gasteiger charge is -2.38. The first-order valence-corrected chi connectivity index (χ1v) is 9.92. The van der Waals surface area contributed by atoms with Gasteiger partial charge in [-0.1, -0.05) is 18.2 Å². The van der Waals surface area contributed by atoms with Crippen LogP contribution in [0.25, 0.3) is 16.7 Å². The average molecular weight is 430 g/mol. The minimum atomic E-state index is -4.48. The lowest BCUT2D eigenvalue weighted by molar-refractivity contribution is -0.143. The maximum absolute atomic E-state index is 13.3. The Morgan fingerprint density at radius 2 is 1.45 bits per heavy atom. The molecule has 1 N–H and O–H groups in total. The molecule has 0 unspecified atom stereocenters. The molecule has 2 aromatic carbocycles. The highest BCUT2D eigenvalue weighted by Gasteiger charge is 2.53. The van der Waals surface area contributed by atoms with E-state index in [0.717, 1.165) is 12.1 Å². The van der Waals surface area contributed by atoms with Crippen molar-refractivity contribution in [1.82, 2.24) is 0 Å². The lowest BCUT2D eigenvalue weighted by Crippen LogP contribution is -2.48. The number of halogens is 3. The maximum atomic E-state index is 13.3. The standard InChI is InChI=1S/C25H25F3O3/c1-13-9-16(11-17(10-13)25(26,27)28)15-8-7-14(2)18(12-15)19-20(29)23(3,4)22(31)24(5,6)21(19)30/h7-12,29H,1-6H3. The largest absolute Gasteiger partial charge is 0.510 e. The minimum Gasteiger partial charge on any atom is -0.510 e. The van der Waals surface area contributed by atoms with Crippen LogP contribution in [-0.2, 0) is 15.8 Å². The number of aliphatic hydroxyl groups excluding tert-OH is 1. The van der Waals surface area contributed by atoms with Crippen molar-refractivity contribution in [3.8, 4) is 11.1 Å². The van der Waals surface area contributed by atoms with Gasteiger partial charge in [-0.15, -0.1) is 0 Å². The number of alkyl halides is 3. The fourth-order valence-corrected chi connectivity index (χ4v) is 4.16. The van der Waals surface area contributed by atoms with E-state index in [1.54, 1.807) is 52.0 Å². The molecule has 0 saturated heterocycles. The van der Waals surface area contributed by atoms with Gasteiger partial charge in [-0.25, -0.2) is 0 Å². The van der Waals surface area contributed by atoms with Crippen LogP contribution >= 0.6 is 0 Å². The SMILES string of the molecule is Cc1cc(-c2ccc(C)c(C3=C(O)C(C)(C)C(=O)C(C)(C)C3=O)c2)cc(C(F)(F)F)c1. The van der Waals surface area contributed by atoms with Gasteiger partial charge in [0.05, 0.1) is 22.0 Å². The molecule has 164 valence electrons. The van der Waals surface area contributed by atoms with Crippen LogP contribution in [0.15, 0.2) is 42.2 Å². The second kappa shape index (κ2) is 7.08. The molecule has 0 spiro atoms.